The first-order chi connectivity index (χ1) is 14.2. The second kappa shape index (κ2) is 10.1. The zero-order chi connectivity index (χ0) is 20.5. The molecule has 0 heterocycles. The molecule has 0 saturated heterocycles. The smallest absolute Gasteiger partial charge is 0.130 e. The summed E-state index contributed by atoms with van der Waals surface area (Å²) in [7, 11) is 0. The maximum absolute atomic E-state index is 9.15. The topological polar surface area (TPSA) is 66.1 Å². The summed E-state index contributed by atoms with van der Waals surface area (Å²) in [5.74, 6) is 1.43. The van der Waals surface area contributed by atoms with Gasteiger partial charge in [-0.05, 0) is 47.4 Å². The Kier molecular flexibility index (Phi) is 7.02. The summed E-state index contributed by atoms with van der Waals surface area (Å²) in [5, 5.41) is 17.2. The molecule has 0 bridgehead atoms. The molecule has 0 radical (unpaired) electrons. The molecule has 1 atom stereocenters. The van der Waals surface area contributed by atoms with E-state index in [1.807, 2.05) is 85.8 Å². The van der Waals surface area contributed by atoms with Crippen molar-refractivity contribution in [2.24, 2.45) is 0 Å². The van der Waals surface area contributed by atoms with Crippen LogP contribution in [0.25, 0.3) is 0 Å². The molecule has 146 valence electrons. The van der Waals surface area contributed by atoms with Gasteiger partial charge in [0.25, 0.3) is 0 Å². The van der Waals surface area contributed by atoms with Crippen LogP contribution in [0.5, 0.6) is 11.5 Å². The Bertz CT molecular complexity index is 958. The average molecular weight is 384 g/mol. The predicted octanol–water partition coefficient (Wildman–Crippen LogP) is 5.73. The van der Waals surface area contributed by atoms with Crippen LogP contribution in [0, 0.1) is 16.7 Å². The zero-order valence-corrected chi connectivity index (χ0v) is 16.5. The van der Waals surface area contributed by atoms with Gasteiger partial charge < -0.3 is 14.9 Å². The van der Waals surface area contributed by atoms with E-state index < -0.39 is 0 Å². The highest BCUT2D eigenvalue weighted by Gasteiger charge is 2.07. The van der Waals surface area contributed by atoms with Gasteiger partial charge in [-0.3, -0.25) is 0 Å². The molecule has 0 spiro atoms. The number of ether oxygens (including phenoxy) is 2. The predicted molar refractivity (Wildman–Crippen MR) is 115 cm³/mol. The van der Waals surface area contributed by atoms with Gasteiger partial charge >= 0.3 is 0 Å². The van der Waals surface area contributed by atoms with Crippen LogP contribution < -0.4 is 9.47 Å². The lowest BCUT2D eigenvalue weighted by Gasteiger charge is -2.11. The van der Waals surface area contributed by atoms with Crippen LogP contribution in [0.4, 0.5) is 0 Å². The van der Waals surface area contributed by atoms with Gasteiger partial charge in [-0.15, -0.1) is 0 Å². The fourth-order valence-electron chi connectivity index (χ4n) is 2.92. The maximum Gasteiger partial charge on any atom is 0.130 e. The van der Waals surface area contributed by atoms with Gasteiger partial charge in [-0.1, -0.05) is 61.5 Å². The minimum Gasteiger partial charge on any atom is -0.489 e. The summed E-state index contributed by atoms with van der Waals surface area (Å²) < 4.78 is 11.5. The molecule has 0 amide bonds. The molecule has 3 aromatic carbocycles. The molecule has 0 aliphatic rings. The van der Waals surface area contributed by atoms with Crippen molar-refractivity contribution >= 4 is 5.71 Å². The summed E-state index contributed by atoms with van der Waals surface area (Å²) in [5.41, 5.74) is 3.36. The number of hydrogen-bond donors (Lipinski definition) is 1. The minimum atomic E-state index is -0.0695. The third-order valence-corrected chi connectivity index (χ3v) is 4.68. The first kappa shape index (κ1) is 20.2. The number of rotatable bonds is 9. The van der Waals surface area contributed by atoms with E-state index in [1.54, 1.807) is 0 Å². The lowest BCUT2D eigenvalue weighted by Crippen LogP contribution is -2.11. The van der Waals surface area contributed by atoms with Crippen molar-refractivity contribution in [3.8, 4) is 17.6 Å². The summed E-state index contributed by atoms with van der Waals surface area (Å²) in [6.07, 6.45) is 0.802. The summed E-state index contributed by atoms with van der Waals surface area (Å²) in [6.45, 7) is 2.69. The second-order valence-electron chi connectivity index (χ2n) is 6.72. The van der Waals surface area contributed by atoms with Gasteiger partial charge in [0, 0.05) is 0 Å². The SMILES string of the molecule is CCC(C#N)c1ccc(OCc2ccc(OCC(=N)c3ccccc3)cc2)cc1. The molecule has 29 heavy (non-hydrogen) atoms. The molecule has 0 aromatic heterocycles. The summed E-state index contributed by atoms with van der Waals surface area (Å²) in [6, 6.07) is 27.3. The molecular weight excluding hydrogens is 360 g/mol. The van der Waals surface area contributed by atoms with E-state index in [0.717, 1.165) is 34.6 Å². The van der Waals surface area contributed by atoms with Crippen molar-refractivity contribution in [3.63, 3.8) is 0 Å². The van der Waals surface area contributed by atoms with Crippen LogP contribution in [0.1, 0.15) is 36.0 Å². The summed E-state index contributed by atoms with van der Waals surface area (Å²) >= 11 is 0. The molecular formula is C25H24N2O2. The van der Waals surface area contributed by atoms with E-state index in [1.165, 1.54) is 0 Å². The van der Waals surface area contributed by atoms with Gasteiger partial charge in [-0.25, -0.2) is 0 Å². The molecule has 0 aliphatic heterocycles. The highest BCUT2D eigenvalue weighted by atomic mass is 16.5. The van der Waals surface area contributed by atoms with Gasteiger partial charge in [0.05, 0.1) is 17.7 Å². The lowest BCUT2D eigenvalue weighted by atomic mass is 9.98. The number of nitriles is 1. The van der Waals surface area contributed by atoms with Crippen molar-refractivity contribution in [3.05, 3.63) is 95.6 Å². The molecule has 4 nitrogen and oxygen atoms in total. The molecule has 1 N–H and O–H groups in total. The molecule has 4 heteroatoms. The van der Waals surface area contributed by atoms with E-state index >= 15 is 0 Å². The number of nitrogens with one attached hydrogen (secondary N) is 1. The zero-order valence-electron chi connectivity index (χ0n) is 16.5. The average Bonchev–Trinajstić information content (AvgIpc) is 2.79. The second-order valence-corrected chi connectivity index (χ2v) is 6.72. The lowest BCUT2D eigenvalue weighted by molar-refractivity contribution is 0.305. The quantitative estimate of drug-likeness (QED) is 0.479. The number of nitrogens with zero attached hydrogens (tertiary/aromatic N) is 1. The van der Waals surface area contributed by atoms with Crippen molar-refractivity contribution in [1.29, 1.82) is 10.7 Å². The van der Waals surface area contributed by atoms with E-state index in [4.69, 9.17) is 20.1 Å². The molecule has 3 rings (SSSR count). The largest absolute Gasteiger partial charge is 0.489 e. The Morgan fingerprint density at radius 3 is 2.14 bits per heavy atom. The van der Waals surface area contributed by atoms with Crippen LogP contribution in [0.15, 0.2) is 78.9 Å². The normalized spacial score (nSPS) is 11.3. The van der Waals surface area contributed by atoms with Gasteiger partial charge in [0.2, 0.25) is 0 Å². The first-order valence-electron chi connectivity index (χ1n) is 9.66. The van der Waals surface area contributed by atoms with Crippen LogP contribution in [-0.2, 0) is 6.61 Å². The Morgan fingerprint density at radius 2 is 1.52 bits per heavy atom. The highest BCUT2D eigenvalue weighted by molar-refractivity contribution is 5.99. The van der Waals surface area contributed by atoms with Crippen molar-refractivity contribution < 1.29 is 9.47 Å². The van der Waals surface area contributed by atoms with Crippen molar-refractivity contribution in [1.82, 2.24) is 0 Å². The summed E-state index contributed by atoms with van der Waals surface area (Å²) in [4.78, 5) is 0. The van der Waals surface area contributed by atoms with Gasteiger partial charge in [0.1, 0.15) is 24.7 Å². The fourth-order valence-corrected chi connectivity index (χ4v) is 2.92. The molecule has 0 saturated carbocycles. The van der Waals surface area contributed by atoms with Gasteiger partial charge in [0.15, 0.2) is 0 Å². The van der Waals surface area contributed by atoms with E-state index in [0.29, 0.717) is 12.3 Å². The monoisotopic (exact) mass is 384 g/mol. The Labute approximate surface area is 171 Å². The third-order valence-electron chi connectivity index (χ3n) is 4.68. The van der Waals surface area contributed by atoms with Crippen LogP contribution in [0.2, 0.25) is 0 Å². The van der Waals surface area contributed by atoms with Crippen molar-refractivity contribution in [2.45, 2.75) is 25.9 Å². The molecule has 1 unspecified atom stereocenters. The number of hydrogen-bond acceptors (Lipinski definition) is 4. The third kappa shape index (κ3) is 5.70. The Balaban J connectivity index is 1.49. The highest BCUT2D eigenvalue weighted by Crippen LogP contribution is 2.22. The number of benzene rings is 3. The van der Waals surface area contributed by atoms with Crippen molar-refractivity contribution in [2.75, 3.05) is 6.61 Å². The Morgan fingerprint density at radius 1 is 0.897 bits per heavy atom. The van der Waals surface area contributed by atoms with Crippen LogP contribution in [-0.4, -0.2) is 12.3 Å². The van der Waals surface area contributed by atoms with Crippen LogP contribution >= 0.6 is 0 Å². The molecule has 0 aliphatic carbocycles. The fraction of sp³-hybridized carbons (Fsp3) is 0.200. The van der Waals surface area contributed by atoms with E-state index in [9.17, 15) is 0 Å². The van der Waals surface area contributed by atoms with E-state index in [-0.39, 0.29) is 12.5 Å². The maximum atomic E-state index is 9.15. The first-order valence-corrected chi connectivity index (χ1v) is 9.66. The molecule has 0 fully saturated rings. The minimum absolute atomic E-state index is 0.0695. The van der Waals surface area contributed by atoms with Gasteiger partial charge in [-0.2, -0.15) is 5.26 Å². The molecule has 3 aromatic rings. The Hall–Kier alpha value is -3.58. The van der Waals surface area contributed by atoms with Crippen LogP contribution in [0.3, 0.4) is 0 Å². The van der Waals surface area contributed by atoms with E-state index in [2.05, 4.69) is 6.07 Å². The standard InChI is InChI=1S/C25H24N2O2/c1-2-20(16-26)21-10-14-24(15-11-21)28-17-19-8-12-23(13-9-19)29-18-25(27)22-6-4-3-5-7-22/h3-15,20,27H,2,17-18H2,1H3.